The lowest BCUT2D eigenvalue weighted by Crippen LogP contribution is -2.22. The highest BCUT2D eigenvalue weighted by Gasteiger charge is 2.31. The smallest absolute Gasteiger partial charge is 0.242 e. The van der Waals surface area contributed by atoms with E-state index in [1.54, 1.807) is 12.1 Å². The minimum atomic E-state index is -3.32. The number of nitrogens with one attached hydrogen (secondary N) is 1. The number of hydrogen-bond donors (Lipinski definition) is 1. The molecule has 100 valence electrons. The monoisotopic (exact) mass is 268 g/mol. The van der Waals surface area contributed by atoms with Crippen molar-refractivity contribution in [2.24, 2.45) is 11.8 Å². The summed E-state index contributed by atoms with van der Waals surface area (Å²) in [5.41, 5.74) is 0.979. The predicted molar refractivity (Wildman–Crippen MR) is 73.1 cm³/mol. The molecule has 5 heteroatoms. The van der Waals surface area contributed by atoms with Crippen molar-refractivity contribution < 1.29 is 8.42 Å². The van der Waals surface area contributed by atoms with Crippen LogP contribution < -0.4 is 5.32 Å². The van der Waals surface area contributed by atoms with Crippen LogP contribution in [0.3, 0.4) is 0 Å². The summed E-state index contributed by atoms with van der Waals surface area (Å²) in [6, 6.07) is 6.94. The van der Waals surface area contributed by atoms with E-state index in [-0.39, 0.29) is 0 Å². The normalized spacial score (nSPS) is 23.1. The molecule has 1 aliphatic carbocycles. The highest BCUT2D eigenvalue weighted by Crippen LogP contribution is 2.37. The second-order valence-corrected chi connectivity index (χ2v) is 7.32. The van der Waals surface area contributed by atoms with Crippen molar-refractivity contribution in [2.75, 3.05) is 26.0 Å². The molecule has 1 N–H and O–H groups in total. The van der Waals surface area contributed by atoms with Gasteiger partial charge in [0.2, 0.25) is 10.0 Å². The van der Waals surface area contributed by atoms with Gasteiger partial charge in [-0.05, 0) is 42.5 Å². The van der Waals surface area contributed by atoms with Gasteiger partial charge in [0.15, 0.2) is 0 Å². The molecule has 1 aromatic carbocycles. The van der Waals surface area contributed by atoms with Gasteiger partial charge < -0.3 is 5.32 Å². The molecule has 4 nitrogen and oxygen atoms in total. The van der Waals surface area contributed by atoms with Crippen molar-refractivity contribution >= 4 is 15.7 Å². The van der Waals surface area contributed by atoms with Gasteiger partial charge in [0.05, 0.1) is 4.90 Å². The molecule has 2 atom stereocenters. The third-order valence-corrected chi connectivity index (χ3v) is 5.31. The molecular formula is C13H20N2O2S. The summed E-state index contributed by atoms with van der Waals surface area (Å²) >= 11 is 0. The minimum absolute atomic E-state index is 0.331. The maximum atomic E-state index is 11.9. The van der Waals surface area contributed by atoms with E-state index >= 15 is 0 Å². The Morgan fingerprint density at radius 2 is 1.83 bits per heavy atom. The van der Waals surface area contributed by atoms with E-state index in [0.717, 1.165) is 24.1 Å². The molecular weight excluding hydrogens is 248 g/mol. The fraction of sp³-hybridized carbons (Fsp3) is 0.538. The molecule has 0 aromatic heterocycles. The van der Waals surface area contributed by atoms with Gasteiger partial charge in [0.25, 0.3) is 0 Å². The summed E-state index contributed by atoms with van der Waals surface area (Å²) in [6.45, 7) is 3.22. The van der Waals surface area contributed by atoms with Crippen LogP contribution in [0.15, 0.2) is 29.2 Å². The van der Waals surface area contributed by atoms with Crippen LogP contribution >= 0.6 is 0 Å². The lowest BCUT2D eigenvalue weighted by atomic mass is 10.3. The van der Waals surface area contributed by atoms with Gasteiger partial charge in [-0.25, -0.2) is 12.7 Å². The molecule has 0 bridgehead atoms. The van der Waals surface area contributed by atoms with Gasteiger partial charge in [-0.1, -0.05) is 6.92 Å². The molecule has 2 unspecified atom stereocenters. The zero-order chi connectivity index (χ0) is 13.3. The number of anilines is 1. The van der Waals surface area contributed by atoms with Crippen LogP contribution in [-0.2, 0) is 10.0 Å². The summed E-state index contributed by atoms with van der Waals surface area (Å²) in [5, 5.41) is 3.34. The number of rotatable bonds is 5. The number of benzene rings is 1. The Bertz CT molecular complexity index is 508. The summed E-state index contributed by atoms with van der Waals surface area (Å²) < 4.78 is 25.0. The Hall–Kier alpha value is -1.07. The predicted octanol–water partition coefficient (Wildman–Crippen LogP) is 2.00. The van der Waals surface area contributed by atoms with Crippen molar-refractivity contribution in [1.82, 2.24) is 4.31 Å². The number of nitrogens with zero attached hydrogens (tertiary/aromatic N) is 1. The average Bonchev–Trinajstić information content (AvgIpc) is 3.03. The fourth-order valence-electron chi connectivity index (χ4n) is 1.89. The topological polar surface area (TPSA) is 49.4 Å². The standard InChI is InChI=1S/C13H20N2O2S/c1-10-8-11(10)9-14-12-4-6-13(7-5-12)18(16,17)15(2)3/h4-7,10-11,14H,8-9H2,1-3H3. The first-order valence-electron chi connectivity index (χ1n) is 6.17. The van der Waals surface area contributed by atoms with Crippen molar-refractivity contribution in [3.63, 3.8) is 0 Å². The van der Waals surface area contributed by atoms with Crippen LogP contribution in [0, 0.1) is 11.8 Å². The second-order valence-electron chi connectivity index (χ2n) is 5.17. The van der Waals surface area contributed by atoms with Crippen molar-refractivity contribution in [3.05, 3.63) is 24.3 Å². The highest BCUT2D eigenvalue weighted by molar-refractivity contribution is 7.89. The van der Waals surface area contributed by atoms with Crippen molar-refractivity contribution in [2.45, 2.75) is 18.2 Å². The molecule has 0 aliphatic heterocycles. The molecule has 18 heavy (non-hydrogen) atoms. The largest absolute Gasteiger partial charge is 0.385 e. The molecule has 0 heterocycles. The second kappa shape index (κ2) is 4.90. The Kier molecular flexibility index (Phi) is 3.64. The van der Waals surface area contributed by atoms with Gasteiger partial charge in [-0.2, -0.15) is 0 Å². The summed E-state index contributed by atoms with van der Waals surface area (Å²) in [6.07, 6.45) is 1.29. The van der Waals surface area contributed by atoms with Crippen LogP contribution in [-0.4, -0.2) is 33.4 Å². The van der Waals surface area contributed by atoms with Crippen LogP contribution in [0.2, 0.25) is 0 Å². The molecule has 0 spiro atoms. The Morgan fingerprint density at radius 1 is 1.28 bits per heavy atom. The summed E-state index contributed by atoms with van der Waals surface area (Å²) in [5.74, 6) is 1.60. The molecule has 1 saturated carbocycles. The van der Waals surface area contributed by atoms with Crippen LogP contribution in [0.5, 0.6) is 0 Å². The molecule has 1 aromatic rings. The quantitative estimate of drug-likeness (QED) is 0.888. The highest BCUT2D eigenvalue weighted by atomic mass is 32.2. The zero-order valence-electron chi connectivity index (χ0n) is 11.1. The first-order valence-corrected chi connectivity index (χ1v) is 7.61. The van der Waals surface area contributed by atoms with Crippen molar-refractivity contribution in [1.29, 1.82) is 0 Å². The average molecular weight is 268 g/mol. The zero-order valence-corrected chi connectivity index (χ0v) is 11.9. The summed E-state index contributed by atoms with van der Waals surface area (Å²) in [7, 11) is -0.240. The van der Waals surface area contributed by atoms with Gasteiger partial charge in [-0.3, -0.25) is 0 Å². The lowest BCUT2D eigenvalue weighted by Gasteiger charge is -2.12. The van der Waals surface area contributed by atoms with E-state index in [2.05, 4.69) is 12.2 Å². The fourth-order valence-corrected chi connectivity index (χ4v) is 2.79. The number of hydrogen-bond acceptors (Lipinski definition) is 3. The maximum Gasteiger partial charge on any atom is 0.242 e. The minimum Gasteiger partial charge on any atom is -0.385 e. The molecule has 0 saturated heterocycles. The Morgan fingerprint density at radius 3 is 2.28 bits per heavy atom. The van der Waals surface area contributed by atoms with Crippen LogP contribution in [0.1, 0.15) is 13.3 Å². The van der Waals surface area contributed by atoms with E-state index < -0.39 is 10.0 Å². The van der Waals surface area contributed by atoms with Gasteiger partial charge >= 0.3 is 0 Å². The molecule has 1 fully saturated rings. The van der Waals surface area contributed by atoms with E-state index in [1.807, 2.05) is 12.1 Å². The van der Waals surface area contributed by atoms with E-state index in [4.69, 9.17) is 0 Å². The van der Waals surface area contributed by atoms with Crippen molar-refractivity contribution in [3.8, 4) is 0 Å². The molecule has 2 rings (SSSR count). The van der Waals surface area contributed by atoms with E-state index in [9.17, 15) is 8.42 Å². The third-order valence-electron chi connectivity index (χ3n) is 3.48. The SMILES string of the molecule is CC1CC1CNc1ccc(S(=O)(=O)N(C)C)cc1. The lowest BCUT2D eigenvalue weighted by molar-refractivity contribution is 0.521. The third kappa shape index (κ3) is 2.84. The molecule has 1 aliphatic rings. The maximum absolute atomic E-state index is 11.9. The summed E-state index contributed by atoms with van der Waals surface area (Å²) in [4.78, 5) is 0.331. The van der Waals surface area contributed by atoms with Gasteiger partial charge in [0, 0.05) is 26.3 Å². The van der Waals surface area contributed by atoms with Gasteiger partial charge in [-0.15, -0.1) is 0 Å². The molecule has 0 radical (unpaired) electrons. The Balaban J connectivity index is 2.01. The number of sulfonamides is 1. The first kappa shape index (κ1) is 13.4. The Labute approximate surface area is 109 Å². The van der Waals surface area contributed by atoms with Gasteiger partial charge in [0.1, 0.15) is 0 Å². The van der Waals surface area contributed by atoms with E-state index in [1.165, 1.54) is 24.8 Å². The van der Waals surface area contributed by atoms with Crippen LogP contribution in [0.25, 0.3) is 0 Å². The molecule has 0 amide bonds. The first-order chi connectivity index (χ1) is 8.41. The van der Waals surface area contributed by atoms with E-state index in [0.29, 0.717) is 4.90 Å². The van der Waals surface area contributed by atoms with Crippen LogP contribution in [0.4, 0.5) is 5.69 Å².